The highest BCUT2D eigenvalue weighted by atomic mass is 32.2. The summed E-state index contributed by atoms with van der Waals surface area (Å²) in [4.78, 5) is 21.3. The van der Waals surface area contributed by atoms with Gasteiger partial charge < -0.3 is 4.74 Å². The van der Waals surface area contributed by atoms with Crippen molar-refractivity contribution in [2.24, 2.45) is 0 Å². The van der Waals surface area contributed by atoms with Crippen molar-refractivity contribution in [1.29, 1.82) is 0 Å². The molecule has 0 saturated carbocycles. The normalized spacial score (nSPS) is 12.0. The van der Waals surface area contributed by atoms with Crippen LogP contribution in [0.25, 0.3) is 21.8 Å². The van der Waals surface area contributed by atoms with Crippen molar-refractivity contribution < 1.29 is 9.53 Å². The fourth-order valence-corrected chi connectivity index (χ4v) is 2.95. The molecular weight excluding hydrogens is 324 g/mol. The molecule has 2 aromatic heterocycles. The first-order valence-corrected chi connectivity index (χ1v) is 8.99. The van der Waals surface area contributed by atoms with Crippen LogP contribution in [-0.2, 0) is 10.3 Å². The van der Waals surface area contributed by atoms with Crippen LogP contribution in [0.5, 0.6) is 0 Å². The molecule has 3 rings (SSSR count). The van der Waals surface area contributed by atoms with Crippen molar-refractivity contribution in [3.05, 3.63) is 24.0 Å². The zero-order valence-electron chi connectivity index (χ0n) is 14.5. The lowest BCUT2D eigenvalue weighted by molar-refractivity contribution is 0.0520. The molecule has 0 spiro atoms. The van der Waals surface area contributed by atoms with E-state index in [1.165, 1.54) is 11.8 Å². The maximum absolute atomic E-state index is 12.3. The number of hydrogen-bond donors (Lipinski definition) is 0. The fraction of sp³-hybridized carbons (Fsp3) is 0.412. The number of hydrogen-bond acceptors (Lipinski definition) is 6. The molecule has 126 valence electrons. The minimum atomic E-state index is -0.413. The summed E-state index contributed by atoms with van der Waals surface area (Å²) in [6.45, 7) is 8.24. The lowest BCUT2D eigenvalue weighted by Crippen LogP contribution is -2.23. The molecule has 0 fully saturated rings. The van der Waals surface area contributed by atoms with Crippen LogP contribution in [0.3, 0.4) is 0 Å². The smallest absolute Gasteiger partial charge is 0.359 e. The maximum Gasteiger partial charge on any atom is 0.359 e. The van der Waals surface area contributed by atoms with Crippen LogP contribution in [0.4, 0.5) is 0 Å². The monoisotopic (exact) mass is 344 g/mol. The predicted molar refractivity (Wildman–Crippen MR) is 95.6 cm³/mol. The Bertz CT molecular complexity index is 928. The third-order valence-electron chi connectivity index (χ3n) is 3.66. The second-order valence-corrected chi connectivity index (χ2v) is 7.18. The van der Waals surface area contributed by atoms with Gasteiger partial charge in [0.1, 0.15) is 5.52 Å². The van der Waals surface area contributed by atoms with Gasteiger partial charge in [-0.05, 0) is 40.0 Å². The predicted octanol–water partition coefficient (Wildman–Crippen LogP) is 3.63. The molecule has 7 heteroatoms. The zero-order valence-corrected chi connectivity index (χ0v) is 15.3. The Morgan fingerprint density at radius 2 is 2.08 bits per heavy atom. The third-order valence-corrected chi connectivity index (χ3v) is 4.22. The van der Waals surface area contributed by atoms with E-state index in [2.05, 4.69) is 15.1 Å². The number of thioether (sulfide) groups is 1. The molecule has 0 radical (unpaired) electrons. The first-order valence-electron chi connectivity index (χ1n) is 7.77. The van der Waals surface area contributed by atoms with Crippen molar-refractivity contribution >= 4 is 39.5 Å². The summed E-state index contributed by atoms with van der Waals surface area (Å²) < 4.78 is 7.02. The molecular formula is C17H20N4O2S. The Morgan fingerprint density at radius 1 is 1.33 bits per heavy atom. The van der Waals surface area contributed by atoms with Crippen LogP contribution in [0.15, 0.2) is 23.5 Å². The average molecular weight is 344 g/mol. The number of esters is 1. The van der Waals surface area contributed by atoms with E-state index >= 15 is 0 Å². The number of fused-ring (bicyclic) bond motifs is 3. The number of carbonyl (C=O) groups excluding carboxylic acids is 1. The van der Waals surface area contributed by atoms with Gasteiger partial charge in [0.05, 0.1) is 17.7 Å². The van der Waals surface area contributed by atoms with Crippen molar-refractivity contribution in [2.45, 2.75) is 38.4 Å². The summed E-state index contributed by atoms with van der Waals surface area (Å²) in [5.74, 6) is -0.413. The summed E-state index contributed by atoms with van der Waals surface area (Å²) in [6.07, 6.45) is 3.74. The number of benzene rings is 1. The third kappa shape index (κ3) is 2.73. The van der Waals surface area contributed by atoms with Crippen LogP contribution < -0.4 is 0 Å². The molecule has 1 aromatic carbocycles. The quantitative estimate of drug-likeness (QED) is 0.410. The lowest BCUT2D eigenvalue weighted by Gasteiger charge is -2.21. The lowest BCUT2D eigenvalue weighted by atomic mass is 10.1. The highest BCUT2D eigenvalue weighted by Crippen LogP contribution is 2.31. The molecule has 0 N–H and O–H groups in total. The van der Waals surface area contributed by atoms with Crippen LogP contribution in [0.2, 0.25) is 0 Å². The summed E-state index contributed by atoms with van der Waals surface area (Å²) in [5, 5.41) is 6.92. The van der Waals surface area contributed by atoms with E-state index in [9.17, 15) is 4.79 Å². The highest BCUT2D eigenvalue weighted by Gasteiger charge is 2.26. The van der Waals surface area contributed by atoms with E-state index in [1.807, 2.05) is 43.8 Å². The standard InChI is InChI=1S/C17H20N4O2S/c1-6-23-15(22)13-11-8-7-10-9-18-16(24-5)19-12(10)14(11)21(20-13)17(2,3)4/h7-9H,6H2,1-5H3. The second kappa shape index (κ2) is 6.05. The van der Waals surface area contributed by atoms with E-state index in [-0.39, 0.29) is 5.54 Å². The van der Waals surface area contributed by atoms with Crippen LogP contribution >= 0.6 is 11.8 Å². The Labute approximate surface area is 144 Å². The minimum Gasteiger partial charge on any atom is -0.461 e. The van der Waals surface area contributed by atoms with E-state index in [0.717, 1.165) is 21.8 Å². The Morgan fingerprint density at radius 3 is 2.71 bits per heavy atom. The SMILES string of the molecule is CCOC(=O)c1nn(C(C)(C)C)c2c1ccc1cnc(SC)nc12. The van der Waals surface area contributed by atoms with Gasteiger partial charge in [-0.25, -0.2) is 14.8 Å². The molecule has 0 unspecified atom stereocenters. The number of ether oxygens (including phenoxy) is 1. The molecule has 0 aliphatic carbocycles. The van der Waals surface area contributed by atoms with E-state index in [1.54, 1.807) is 13.1 Å². The summed E-state index contributed by atoms with van der Waals surface area (Å²) in [5.41, 5.74) is 1.65. The van der Waals surface area contributed by atoms with Gasteiger partial charge in [0, 0.05) is 17.0 Å². The van der Waals surface area contributed by atoms with Crippen LogP contribution in [-0.4, -0.2) is 38.6 Å². The molecule has 0 amide bonds. The van der Waals surface area contributed by atoms with Gasteiger partial charge in [0.15, 0.2) is 10.9 Å². The molecule has 0 aliphatic rings. The first-order chi connectivity index (χ1) is 11.4. The van der Waals surface area contributed by atoms with Gasteiger partial charge in [0.25, 0.3) is 0 Å². The van der Waals surface area contributed by atoms with Gasteiger partial charge in [-0.3, -0.25) is 4.68 Å². The first kappa shape index (κ1) is 16.7. The number of carbonyl (C=O) groups is 1. The van der Waals surface area contributed by atoms with Crippen molar-refractivity contribution in [2.75, 3.05) is 12.9 Å². The molecule has 24 heavy (non-hydrogen) atoms. The molecule has 0 aliphatic heterocycles. The van der Waals surface area contributed by atoms with Gasteiger partial charge in [-0.15, -0.1) is 0 Å². The minimum absolute atomic E-state index is 0.304. The molecule has 0 atom stereocenters. The molecule has 0 bridgehead atoms. The largest absolute Gasteiger partial charge is 0.461 e. The molecule has 6 nitrogen and oxygen atoms in total. The summed E-state index contributed by atoms with van der Waals surface area (Å²) in [6, 6.07) is 3.81. The summed E-state index contributed by atoms with van der Waals surface area (Å²) in [7, 11) is 0. The average Bonchev–Trinajstić information content (AvgIpc) is 2.95. The van der Waals surface area contributed by atoms with Gasteiger partial charge in [-0.2, -0.15) is 5.10 Å². The number of rotatable bonds is 3. The second-order valence-electron chi connectivity index (χ2n) is 6.41. The Balaban J connectivity index is 2.42. The van der Waals surface area contributed by atoms with E-state index in [0.29, 0.717) is 17.5 Å². The Kier molecular flexibility index (Phi) is 4.21. The molecule has 3 aromatic rings. The fourth-order valence-electron chi connectivity index (χ4n) is 2.61. The molecule has 2 heterocycles. The van der Waals surface area contributed by atoms with Gasteiger partial charge in [0.2, 0.25) is 0 Å². The Hall–Kier alpha value is -2.15. The van der Waals surface area contributed by atoms with Crippen LogP contribution in [0, 0.1) is 0 Å². The van der Waals surface area contributed by atoms with Gasteiger partial charge >= 0.3 is 5.97 Å². The summed E-state index contributed by atoms with van der Waals surface area (Å²) >= 11 is 1.48. The van der Waals surface area contributed by atoms with Crippen molar-refractivity contribution in [1.82, 2.24) is 19.7 Å². The maximum atomic E-state index is 12.3. The number of nitrogens with zero attached hydrogens (tertiary/aromatic N) is 4. The van der Waals surface area contributed by atoms with Crippen molar-refractivity contribution in [3.8, 4) is 0 Å². The molecule has 0 saturated heterocycles. The zero-order chi connectivity index (χ0) is 17.5. The highest BCUT2D eigenvalue weighted by molar-refractivity contribution is 7.98. The van der Waals surface area contributed by atoms with E-state index < -0.39 is 5.97 Å². The van der Waals surface area contributed by atoms with Crippen molar-refractivity contribution in [3.63, 3.8) is 0 Å². The van der Waals surface area contributed by atoms with Gasteiger partial charge in [-0.1, -0.05) is 17.8 Å². The number of aromatic nitrogens is 4. The topological polar surface area (TPSA) is 69.9 Å². The van der Waals surface area contributed by atoms with Crippen LogP contribution in [0.1, 0.15) is 38.2 Å². The van der Waals surface area contributed by atoms with E-state index in [4.69, 9.17) is 4.74 Å².